The van der Waals surface area contributed by atoms with Crippen LogP contribution in [0.3, 0.4) is 0 Å². The summed E-state index contributed by atoms with van der Waals surface area (Å²) < 4.78 is 0. The van der Waals surface area contributed by atoms with Crippen LogP contribution in [-0.4, -0.2) is 28.1 Å². The molecule has 0 radical (unpaired) electrons. The lowest BCUT2D eigenvalue weighted by Crippen LogP contribution is -2.47. The number of nitrogens with zero attached hydrogens (tertiary/aromatic N) is 2. The Bertz CT molecular complexity index is 784. The summed E-state index contributed by atoms with van der Waals surface area (Å²) in [6.45, 7) is 9.91. The number of carbonyl (C=O) groups excluding carboxylic acids is 2. The number of rotatable bonds is 8. The number of hydrogen-bond donors (Lipinski definition) is 2. The van der Waals surface area contributed by atoms with Crippen LogP contribution in [-0.2, 0) is 4.79 Å². The van der Waals surface area contributed by atoms with Crippen LogP contribution in [0.15, 0.2) is 24.3 Å². The molecule has 2 N–H and O–H groups in total. The minimum Gasteiger partial charge on any atom is -0.340 e. The minimum absolute atomic E-state index is 0.0654. The molecule has 7 heteroatoms. The Morgan fingerprint density at radius 1 is 1.11 bits per heavy atom. The van der Waals surface area contributed by atoms with Crippen LogP contribution in [0.4, 0.5) is 5.13 Å². The highest BCUT2D eigenvalue weighted by atomic mass is 32.1. The van der Waals surface area contributed by atoms with Gasteiger partial charge >= 0.3 is 0 Å². The largest absolute Gasteiger partial charge is 0.340 e. The van der Waals surface area contributed by atoms with Crippen molar-refractivity contribution in [2.24, 2.45) is 5.92 Å². The summed E-state index contributed by atoms with van der Waals surface area (Å²) in [6, 6.07) is 6.67. The predicted octanol–water partition coefficient (Wildman–Crippen LogP) is 4.14. The van der Waals surface area contributed by atoms with E-state index in [2.05, 4.69) is 34.7 Å². The summed E-state index contributed by atoms with van der Waals surface area (Å²) in [5.74, 6) is -0.240. The number of hydrogen-bond acceptors (Lipinski definition) is 5. The lowest BCUT2D eigenvalue weighted by atomic mass is 10.0. The molecule has 0 bridgehead atoms. The third-order valence-corrected chi connectivity index (χ3v) is 5.63. The standard InChI is InChI=1S/C20H28N4O2S/c1-6-14(7-2)19-23-24-20(27-19)22-18(26)16(12(3)4)21-17(25)15-11-9-8-10-13(15)5/h8-12,14,16H,6-7H2,1-5H3,(H,21,25)(H,22,24,26). The number of carbonyl (C=O) groups is 2. The SMILES string of the molecule is CCC(CC)c1nnc(NC(=O)C(NC(=O)c2ccccc2C)C(C)C)s1. The van der Waals surface area contributed by atoms with Crippen molar-refractivity contribution in [3.05, 3.63) is 40.4 Å². The summed E-state index contributed by atoms with van der Waals surface area (Å²) in [6.07, 6.45) is 1.97. The molecule has 2 rings (SSSR count). The zero-order chi connectivity index (χ0) is 20.0. The molecule has 0 saturated heterocycles. The van der Waals surface area contributed by atoms with Crippen LogP contribution in [0.1, 0.15) is 67.4 Å². The van der Waals surface area contributed by atoms with Gasteiger partial charge in [-0.05, 0) is 37.3 Å². The van der Waals surface area contributed by atoms with Gasteiger partial charge in [-0.3, -0.25) is 14.9 Å². The molecule has 27 heavy (non-hydrogen) atoms. The fraction of sp³-hybridized carbons (Fsp3) is 0.500. The molecule has 146 valence electrons. The van der Waals surface area contributed by atoms with E-state index in [1.807, 2.05) is 39.0 Å². The van der Waals surface area contributed by atoms with Crippen molar-refractivity contribution in [1.82, 2.24) is 15.5 Å². The monoisotopic (exact) mass is 388 g/mol. The highest BCUT2D eigenvalue weighted by Crippen LogP contribution is 2.28. The number of amides is 2. The molecule has 1 aromatic carbocycles. The van der Waals surface area contributed by atoms with Gasteiger partial charge in [0.05, 0.1) is 0 Å². The highest BCUT2D eigenvalue weighted by Gasteiger charge is 2.26. The second-order valence-electron chi connectivity index (χ2n) is 6.96. The van der Waals surface area contributed by atoms with Crippen LogP contribution in [0.5, 0.6) is 0 Å². The molecule has 0 spiro atoms. The maximum Gasteiger partial charge on any atom is 0.252 e. The number of aryl methyl sites for hydroxylation is 1. The van der Waals surface area contributed by atoms with Crippen molar-refractivity contribution >= 4 is 28.3 Å². The summed E-state index contributed by atoms with van der Waals surface area (Å²) in [7, 11) is 0. The molecule has 0 aliphatic heterocycles. The third-order valence-electron chi connectivity index (χ3n) is 4.63. The Hall–Kier alpha value is -2.28. The first-order valence-corrected chi connectivity index (χ1v) is 10.2. The quantitative estimate of drug-likeness (QED) is 0.712. The highest BCUT2D eigenvalue weighted by molar-refractivity contribution is 7.15. The molecule has 0 aliphatic rings. The molecular weight excluding hydrogens is 360 g/mol. The molecule has 1 unspecified atom stereocenters. The molecular formula is C20H28N4O2S. The molecule has 0 saturated carbocycles. The normalized spacial score (nSPS) is 12.3. The Kier molecular flexibility index (Phi) is 7.47. The van der Waals surface area contributed by atoms with Gasteiger partial charge in [0.25, 0.3) is 5.91 Å². The van der Waals surface area contributed by atoms with Crippen LogP contribution in [0.25, 0.3) is 0 Å². The molecule has 2 aromatic rings. The fourth-order valence-electron chi connectivity index (χ4n) is 2.85. The average molecular weight is 389 g/mol. The van der Waals surface area contributed by atoms with Gasteiger partial charge in [-0.1, -0.05) is 57.2 Å². The maximum absolute atomic E-state index is 12.7. The summed E-state index contributed by atoms with van der Waals surface area (Å²) in [5, 5.41) is 15.4. The van der Waals surface area contributed by atoms with Crippen LogP contribution in [0.2, 0.25) is 0 Å². The molecule has 6 nitrogen and oxygen atoms in total. The number of nitrogens with one attached hydrogen (secondary N) is 2. The molecule has 1 atom stereocenters. The van der Waals surface area contributed by atoms with Gasteiger partial charge in [0.15, 0.2) is 0 Å². The first-order valence-electron chi connectivity index (χ1n) is 9.38. The predicted molar refractivity (Wildman–Crippen MR) is 109 cm³/mol. The van der Waals surface area contributed by atoms with Crippen LogP contribution >= 0.6 is 11.3 Å². The second kappa shape index (κ2) is 9.60. The van der Waals surface area contributed by atoms with Gasteiger partial charge in [0.2, 0.25) is 11.0 Å². The van der Waals surface area contributed by atoms with Crippen molar-refractivity contribution in [1.29, 1.82) is 0 Å². The molecule has 0 aliphatic carbocycles. The van der Waals surface area contributed by atoms with Crippen molar-refractivity contribution in [2.75, 3.05) is 5.32 Å². The van der Waals surface area contributed by atoms with E-state index in [9.17, 15) is 9.59 Å². The lowest BCUT2D eigenvalue weighted by Gasteiger charge is -2.21. The van der Waals surface area contributed by atoms with Crippen LogP contribution < -0.4 is 10.6 Å². The van der Waals surface area contributed by atoms with Gasteiger partial charge in [0, 0.05) is 11.5 Å². The first-order chi connectivity index (χ1) is 12.9. The summed E-state index contributed by atoms with van der Waals surface area (Å²) in [5.41, 5.74) is 1.44. The van der Waals surface area contributed by atoms with E-state index in [0.717, 1.165) is 23.4 Å². The van der Waals surface area contributed by atoms with Crippen LogP contribution in [0, 0.1) is 12.8 Å². The van der Waals surface area contributed by atoms with E-state index in [1.54, 1.807) is 6.07 Å². The molecule has 1 heterocycles. The Morgan fingerprint density at radius 3 is 2.37 bits per heavy atom. The number of anilines is 1. The van der Waals surface area contributed by atoms with E-state index < -0.39 is 6.04 Å². The zero-order valence-electron chi connectivity index (χ0n) is 16.6. The molecule has 0 fully saturated rings. The van der Waals surface area contributed by atoms with Gasteiger partial charge in [0.1, 0.15) is 11.0 Å². The lowest BCUT2D eigenvalue weighted by molar-refractivity contribution is -0.118. The van der Waals surface area contributed by atoms with E-state index in [0.29, 0.717) is 16.6 Å². The number of benzene rings is 1. The molecule has 1 aromatic heterocycles. The maximum atomic E-state index is 12.7. The van der Waals surface area contributed by atoms with E-state index >= 15 is 0 Å². The Labute approximate surface area is 164 Å². The summed E-state index contributed by atoms with van der Waals surface area (Å²) in [4.78, 5) is 25.3. The van der Waals surface area contributed by atoms with E-state index in [-0.39, 0.29) is 17.7 Å². The van der Waals surface area contributed by atoms with Crippen molar-refractivity contribution in [2.45, 2.75) is 59.4 Å². The van der Waals surface area contributed by atoms with Crippen molar-refractivity contribution in [3.8, 4) is 0 Å². The summed E-state index contributed by atoms with van der Waals surface area (Å²) >= 11 is 1.40. The Morgan fingerprint density at radius 2 is 1.78 bits per heavy atom. The van der Waals surface area contributed by atoms with Gasteiger partial charge < -0.3 is 5.32 Å². The van der Waals surface area contributed by atoms with Gasteiger partial charge in [-0.15, -0.1) is 10.2 Å². The number of aromatic nitrogens is 2. The zero-order valence-corrected chi connectivity index (χ0v) is 17.4. The smallest absolute Gasteiger partial charge is 0.252 e. The van der Waals surface area contributed by atoms with E-state index in [4.69, 9.17) is 0 Å². The fourth-order valence-corrected chi connectivity index (χ4v) is 3.87. The van der Waals surface area contributed by atoms with Crippen molar-refractivity contribution < 1.29 is 9.59 Å². The topological polar surface area (TPSA) is 84.0 Å². The first kappa shape index (κ1) is 21.0. The average Bonchev–Trinajstić information content (AvgIpc) is 3.08. The van der Waals surface area contributed by atoms with Gasteiger partial charge in [-0.25, -0.2) is 0 Å². The Balaban J connectivity index is 2.09. The van der Waals surface area contributed by atoms with Crippen molar-refractivity contribution in [3.63, 3.8) is 0 Å². The van der Waals surface area contributed by atoms with E-state index in [1.165, 1.54) is 11.3 Å². The third kappa shape index (κ3) is 5.35. The van der Waals surface area contributed by atoms with Gasteiger partial charge in [-0.2, -0.15) is 0 Å². The minimum atomic E-state index is -0.655. The second-order valence-corrected chi connectivity index (χ2v) is 7.97. The molecule has 2 amide bonds.